The van der Waals surface area contributed by atoms with Crippen molar-refractivity contribution in [2.24, 2.45) is 4.40 Å². The Morgan fingerprint density at radius 1 is 0.962 bits per heavy atom. The predicted octanol–water partition coefficient (Wildman–Crippen LogP) is 2.57. The van der Waals surface area contributed by atoms with Gasteiger partial charge in [0.25, 0.3) is 20.0 Å². The van der Waals surface area contributed by atoms with Crippen molar-refractivity contribution >= 4 is 32.0 Å². The van der Waals surface area contributed by atoms with Crippen LogP contribution in [0, 0.1) is 6.92 Å². The highest BCUT2D eigenvalue weighted by Crippen LogP contribution is 2.24. The summed E-state index contributed by atoms with van der Waals surface area (Å²) >= 11 is 0. The van der Waals surface area contributed by atoms with E-state index in [1.807, 2.05) is 31.2 Å². The first-order chi connectivity index (χ1) is 12.2. The fourth-order valence-corrected chi connectivity index (χ4v) is 4.54. The molecule has 0 bridgehead atoms. The van der Waals surface area contributed by atoms with E-state index in [-0.39, 0.29) is 17.2 Å². The summed E-state index contributed by atoms with van der Waals surface area (Å²) in [4.78, 5) is 0.0694. The van der Waals surface area contributed by atoms with Crippen LogP contribution in [0.1, 0.15) is 16.7 Å². The normalized spacial score (nSPS) is 16.4. The molecule has 0 spiro atoms. The van der Waals surface area contributed by atoms with Gasteiger partial charge in [-0.3, -0.25) is 0 Å². The van der Waals surface area contributed by atoms with Gasteiger partial charge in [0.05, 0.1) is 11.2 Å². The van der Waals surface area contributed by atoms with Gasteiger partial charge < -0.3 is 0 Å². The van der Waals surface area contributed by atoms with Gasteiger partial charge in [0.1, 0.15) is 5.84 Å². The van der Waals surface area contributed by atoms with Crippen LogP contribution in [0.25, 0.3) is 6.08 Å². The Morgan fingerprint density at radius 2 is 1.62 bits per heavy atom. The molecule has 3 rings (SSSR count). The zero-order valence-electron chi connectivity index (χ0n) is 14.3. The van der Waals surface area contributed by atoms with E-state index in [1.54, 1.807) is 18.2 Å². The third kappa shape index (κ3) is 3.86. The first-order valence-electron chi connectivity index (χ1n) is 7.83. The average Bonchev–Trinajstić information content (AvgIpc) is 2.73. The molecule has 2 aromatic carbocycles. The molecule has 2 aromatic rings. The predicted molar refractivity (Wildman–Crippen MR) is 102 cm³/mol. The van der Waals surface area contributed by atoms with Gasteiger partial charge in [-0.05, 0) is 36.3 Å². The van der Waals surface area contributed by atoms with Crippen LogP contribution in [0.15, 0.2) is 64.0 Å². The maximum atomic E-state index is 13.1. The monoisotopic (exact) mass is 390 g/mol. The van der Waals surface area contributed by atoms with Crippen molar-refractivity contribution < 1.29 is 16.8 Å². The van der Waals surface area contributed by atoms with Gasteiger partial charge in [-0.1, -0.05) is 42.0 Å². The van der Waals surface area contributed by atoms with Crippen LogP contribution >= 0.6 is 0 Å². The number of hydrogen-bond donors (Lipinski definition) is 0. The average molecular weight is 390 g/mol. The quantitative estimate of drug-likeness (QED) is 0.806. The van der Waals surface area contributed by atoms with Crippen LogP contribution in [0.2, 0.25) is 0 Å². The van der Waals surface area contributed by atoms with Crippen LogP contribution in [-0.4, -0.2) is 33.2 Å². The van der Waals surface area contributed by atoms with E-state index in [9.17, 15) is 16.8 Å². The molecule has 0 radical (unpaired) electrons. The number of hydrogen-bond acceptors (Lipinski definition) is 4. The van der Waals surface area contributed by atoms with Crippen LogP contribution in [0.3, 0.4) is 0 Å². The smallest absolute Gasteiger partial charge is 0.227 e. The second-order valence-electron chi connectivity index (χ2n) is 6.05. The molecule has 0 fully saturated rings. The summed E-state index contributed by atoms with van der Waals surface area (Å²) in [5.41, 5.74) is 2.54. The van der Waals surface area contributed by atoms with E-state index in [1.165, 1.54) is 18.3 Å². The second-order valence-corrected chi connectivity index (χ2v) is 9.51. The molecule has 0 unspecified atom stereocenters. The molecule has 26 heavy (non-hydrogen) atoms. The molecule has 8 heteroatoms. The van der Waals surface area contributed by atoms with Crippen molar-refractivity contribution in [2.75, 3.05) is 6.26 Å². The van der Waals surface area contributed by atoms with Crippen LogP contribution < -0.4 is 0 Å². The summed E-state index contributed by atoms with van der Waals surface area (Å²) in [5.74, 6) is -0.0609. The van der Waals surface area contributed by atoms with Gasteiger partial charge in [-0.15, -0.1) is 4.40 Å². The van der Waals surface area contributed by atoms with Crippen LogP contribution in [0.4, 0.5) is 0 Å². The van der Waals surface area contributed by atoms with Gasteiger partial charge in [0.2, 0.25) is 0 Å². The Kier molecular flexibility index (Phi) is 4.72. The van der Waals surface area contributed by atoms with Gasteiger partial charge >= 0.3 is 0 Å². The number of benzene rings is 2. The molecule has 0 aliphatic carbocycles. The third-order valence-electron chi connectivity index (χ3n) is 3.90. The molecule has 1 aliphatic heterocycles. The van der Waals surface area contributed by atoms with Crippen molar-refractivity contribution in [3.8, 4) is 0 Å². The van der Waals surface area contributed by atoms with Gasteiger partial charge in [-0.2, -0.15) is 0 Å². The number of amidine groups is 1. The molecule has 6 nitrogen and oxygen atoms in total. The third-order valence-corrected chi connectivity index (χ3v) is 6.16. The zero-order valence-corrected chi connectivity index (χ0v) is 16.0. The number of aryl methyl sites for hydroxylation is 1. The highest BCUT2D eigenvalue weighted by Gasteiger charge is 2.29. The SMILES string of the molecule is Cc1ccc(S(=O)(=O)N2C=Cc3ccccc3C/C2=N/S(C)(=O)=O)cc1. The van der Waals surface area contributed by atoms with Crippen molar-refractivity contribution in [1.29, 1.82) is 0 Å². The molecular weight excluding hydrogens is 372 g/mol. The molecule has 0 aromatic heterocycles. The van der Waals surface area contributed by atoms with Crippen molar-refractivity contribution in [3.05, 3.63) is 71.4 Å². The number of nitrogens with zero attached hydrogens (tertiary/aromatic N) is 2. The lowest BCUT2D eigenvalue weighted by molar-refractivity contribution is 0.562. The highest BCUT2D eigenvalue weighted by molar-refractivity contribution is 7.90. The molecule has 1 aliphatic rings. The summed E-state index contributed by atoms with van der Waals surface area (Å²) in [7, 11) is -7.77. The van der Waals surface area contributed by atoms with Crippen LogP contribution in [0.5, 0.6) is 0 Å². The molecule has 0 amide bonds. The Hall–Kier alpha value is -2.45. The topological polar surface area (TPSA) is 83.9 Å². The molecule has 0 N–H and O–H groups in total. The molecule has 136 valence electrons. The minimum atomic E-state index is -3.99. The summed E-state index contributed by atoms with van der Waals surface area (Å²) in [6, 6.07) is 13.7. The Labute approximate surface area is 153 Å². The van der Waals surface area contributed by atoms with E-state index in [4.69, 9.17) is 0 Å². The number of fused-ring (bicyclic) bond motifs is 1. The summed E-state index contributed by atoms with van der Waals surface area (Å²) in [5, 5.41) is 0. The summed E-state index contributed by atoms with van der Waals surface area (Å²) in [6.45, 7) is 1.86. The largest absolute Gasteiger partial charge is 0.269 e. The van der Waals surface area contributed by atoms with Crippen molar-refractivity contribution in [2.45, 2.75) is 18.2 Å². The minimum absolute atomic E-state index is 0.0609. The van der Waals surface area contributed by atoms with E-state index < -0.39 is 20.0 Å². The zero-order chi connectivity index (χ0) is 18.9. The standard InChI is InChI=1S/C18H18N2O4S2/c1-14-7-9-17(10-8-14)26(23,24)20-12-11-15-5-3-4-6-16(15)13-18(20)19-25(2,21)22/h3-12H,13H2,1-2H3/b19-18-. The Bertz CT molecular complexity index is 1100. The first-order valence-corrected chi connectivity index (χ1v) is 11.1. The summed E-state index contributed by atoms with van der Waals surface area (Å²) < 4.78 is 54.3. The number of sulfonamides is 2. The Balaban J connectivity index is 2.17. The molecule has 0 saturated carbocycles. The minimum Gasteiger partial charge on any atom is -0.227 e. The second kappa shape index (κ2) is 6.69. The lowest BCUT2D eigenvalue weighted by Crippen LogP contribution is -2.33. The van der Waals surface area contributed by atoms with E-state index >= 15 is 0 Å². The molecule has 0 saturated heterocycles. The molecular formula is C18H18N2O4S2. The lowest BCUT2D eigenvalue weighted by Gasteiger charge is -2.21. The van der Waals surface area contributed by atoms with Gasteiger partial charge in [0, 0.05) is 12.6 Å². The maximum absolute atomic E-state index is 13.1. The van der Waals surface area contributed by atoms with Crippen molar-refractivity contribution in [1.82, 2.24) is 4.31 Å². The van der Waals surface area contributed by atoms with Crippen molar-refractivity contribution in [3.63, 3.8) is 0 Å². The lowest BCUT2D eigenvalue weighted by atomic mass is 10.1. The molecule has 1 heterocycles. The number of rotatable bonds is 3. The highest BCUT2D eigenvalue weighted by atomic mass is 32.2. The first kappa shape index (κ1) is 18.3. The van der Waals surface area contributed by atoms with E-state index in [2.05, 4.69) is 4.40 Å². The van der Waals surface area contributed by atoms with Gasteiger partial charge in [0.15, 0.2) is 0 Å². The summed E-state index contributed by atoms with van der Waals surface area (Å²) in [6.07, 6.45) is 4.02. The van der Waals surface area contributed by atoms with Crippen LogP contribution in [-0.2, 0) is 26.5 Å². The fourth-order valence-electron chi connectivity index (χ4n) is 2.65. The molecule has 0 atom stereocenters. The van der Waals surface area contributed by atoms with E-state index in [0.717, 1.165) is 27.3 Å². The maximum Gasteiger partial charge on any atom is 0.269 e. The Morgan fingerprint density at radius 3 is 2.27 bits per heavy atom. The van der Waals surface area contributed by atoms with E-state index in [0.29, 0.717) is 0 Å². The fraction of sp³-hybridized carbons (Fsp3) is 0.167. The van der Waals surface area contributed by atoms with Gasteiger partial charge in [-0.25, -0.2) is 21.1 Å².